The van der Waals surface area contributed by atoms with Crippen LogP contribution >= 0.6 is 27.3 Å². The van der Waals surface area contributed by atoms with Crippen molar-refractivity contribution in [3.63, 3.8) is 0 Å². The van der Waals surface area contributed by atoms with Gasteiger partial charge in [-0.15, -0.1) is 11.3 Å². The number of rotatable bonds is 3. The Hall–Kier alpha value is 0.140. The zero-order chi connectivity index (χ0) is 11.4. The average molecular weight is 302 g/mol. The fourth-order valence-corrected chi connectivity index (χ4v) is 4.12. The van der Waals surface area contributed by atoms with Crippen molar-refractivity contribution in [2.45, 2.75) is 51.0 Å². The van der Waals surface area contributed by atoms with Gasteiger partial charge >= 0.3 is 0 Å². The van der Waals surface area contributed by atoms with Crippen molar-refractivity contribution in [1.29, 1.82) is 0 Å². The van der Waals surface area contributed by atoms with Gasteiger partial charge in [-0.2, -0.15) is 0 Å². The molecule has 2 rings (SSSR count). The van der Waals surface area contributed by atoms with Crippen LogP contribution in [0.3, 0.4) is 0 Å². The normalized spacial score (nSPS) is 20.6. The van der Waals surface area contributed by atoms with Gasteiger partial charge in [0.1, 0.15) is 0 Å². The van der Waals surface area contributed by atoms with E-state index in [0.29, 0.717) is 6.04 Å². The third kappa shape index (κ3) is 3.57. The molecule has 0 aromatic carbocycles. The first-order chi connectivity index (χ1) is 7.75. The van der Waals surface area contributed by atoms with Crippen molar-refractivity contribution in [3.05, 3.63) is 20.8 Å². The van der Waals surface area contributed by atoms with Gasteiger partial charge in [0.2, 0.25) is 0 Å². The lowest BCUT2D eigenvalue weighted by Gasteiger charge is -2.21. The first kappa shape index (κ1) is 12.6. The highest BCUT2D eigenvalue weighted by Gasteiger charge is 2.20. The highest BCUT2D eigenvalue weighted by Crippen LogP contribution is 2.28. The molecule has 0 bridgehead atoms. The molecule has 1 fully saturated rings. The summed E-state index contributed by atoms with van der Waals surface area (Å²) in [4.78, 5) is 1.42. The summed E-state index contributed by atoms with van der Waals surface area (Å²) in [5, 5.41) is 2.15. The summed E-state index contributed by atoms with van der Waals surface area (Å²) in [5.74, 6) is 0.753. The maximum Gasteiger partial charge on any atom is 0.0285 e. The van der Waals surface area contributed by atoms with E-state index in [1.165, 1.54) is 47.9 Å². The maximum absolute atomic E-state index is 6.35. The Kier molecular flexibility index (Phi) is 4.86. The van der Waals surface area contributed by atoms with Crippen LogP contribution in [0.25, 0.3) is 0 Å². The van der Waals surface area contributed by atoms with E-state index in [-0.39, 0.29) is 0 Å². The first-order valence-electron chi connectivity index (χ1n) is 6.24. The maximum atomic E-state index is 6.35. The van der Waals surface area contributed by atoms with E-state index in [9.17, 15) is 0 Å². The lowest BCUT2D eigenvalue weighted by molar-refractivity contribution is 0.374. The van der Waals surface area contributed by atoms with Crippen molar-refractivity contribution in [2.24, 2.45) is 11.7 Å². The number of thiophene rings is 1. The van der Waals surface area contributed by atoms with Crippen LogP contribution in [0.2, 0.25) is 0 Å². The van der Waals surface area contributed by atoms with Crippen LogP contribution in [-0.2, 0) is 6.42 Å². The molecule has 1 saturated carbocycles. The Morgan fingerprint density at radius 3 is 2.56 bits per heavy atom. The molecule has 1 heterocycles. The molecular formula is C13H20BrNS. The minimum Gasteiger partial charge on any atom is -0.327 e. The predicted molar refractivity (Wildman–Crippen MR) is 74.9 cm³/mol. The van der Waals surface area contributed by atoms with Crippen molar-refractivity contribution < 1.29 is 0 Å². The van der Waals surface area contributed by atoms with Crippen LogP contribution in [0.1, 0.15) is 43.4 Å². The molecule has 0 amide bonds. The van der Waals surface area contributed by atoms with Gasteiger partial charge in [0.25, 0.3) is 0 Å². The molecule has 2 N–H and O–H groups in total. The van der Waals surface area contributed by atoms with E-state index in [1.54, 1.807) is 0 Å². The van der Waals surface area contributed by atoms with E-state index in [0.717, 1.165) is 12.3 Å². The molecule has 3 heteroatoms. The van der Waals surface area contributed by atoms with E-state index in [4.69, 9.17) is 5.73 Å². The summed E-state index contributed by atoms with van der Waals surface area (Å²) in [6.07, 6.45) is 9.32. The van der Waals surface area contributed by atoms with Gasteiger partial charge in [-0.3, -0.25) is 0 Å². The highest BCUT2D eigenvalue weighted by atomic mass is 79.9. The van der Waals surface area contributed by atoms with E-state index >= 15 is 0 Å². The second-order valence-electron chi connectivity index (χ2n) is 4.85. The largest absolute Gasteiger partial charge is 0.327 e. The van der Waals surface area contributed by atoms with Gasteiger partial charge in [0.15, 0.2) is 0 Å². The molecule has 1 unspecified atom stereocenters. The van der Waals surface area contributed by atoms with Crippen LogP contribution < -0.4 is 5.73 Å². The number of halogens is 1. The summed E-state index contributed by atoms with van der Waals surface area (Å²) in [7, 11) is 0. The van der Waals surface area contributed by atoms with Crippen molar-refractivity contribution in [1.82, 2.24) is 0 Å². The SMILES string of the molecule is NC(Cc1cc(Br)cs1)C1CCCCCC1. The molecule has 90 valence electrons. The van der Waals surface area contributed by atoms with Crippen molar-refractivity contribution >= 4 is 27.3 Å². The molecular weight excluding hydrogens is 282 g/mol. The number of nitrogens with two attached hydrogens (primary N) is 1. The summed E-state index contributed by atoms with van der Waals surface area (Å²) >= 11 is 5.32. The number of hydrogen-bond donors (Lipinski definition) is 1. The van der Waals surface area contributed by atoms with Crippen LogP contribution in [0.5, 0.6) is 0 Å². The Bertz CT molecular complexity index is 315. The molecule has 16 heavy (non-hydrogen) atoms. The molecule has 1 nitrogen and oxygen atoms in total. The lowest BCUT2D eigenvalue weighted by Crippen LogP contribution is -2.31. The quantitative estimate of drug-likeness (QED) is 0.825. The van der Waals surface area contributed by atoms with Gasteiger partial charge in [-0.05, 0) is 47.2 Å². The molecule has 0 aliphatic heterocycles. The smallest absolute Gasteiger partial charge is 0.0285 e. The minimum absolute atomic E-state index is 0.364. The monoisotopic (exact) mass is 301 g/mol. The summed E-state index contributed by atoms with van der Waals surface area (Å²) in [5.41, 5.74) is 6.35. The average Bonchev–Trinajstić information content (AvgIpc) is 2.56. The third-order valence-corrected chi connectivity index (χ3v) is 5.28. The lowest BCUT2D eigenvalue weighted by atomic mass is 9.90. The molecule has 1 aromatic rings. The molecule has 0 radical (unpaired) electrons. The van der Waals surface area contributed by atoms with Gasteiger partial charge in [0, 0.05) is 20.8 Å². The highest BCUT2D eigenvalue weighted by molar-refractivity contribution is 9.10. The minimum atomic E-state index is 0.364. The second kappa shape index (κ2) is 6.18. The van der Waals surface area contributed by atoms with Gasteiger partial charge < -0.3 is 5.73 Å². The van der Waals surface area contributed by atoms with Gasteiger partial charge in [-0.25, -0.2) is 0 Å². The van der Waals surface area contributed by atoms with Crippen LogP contribution in [0.4, 0.5) is 0 Å². The zero-order valence-electron chi connectivity index (χ0n) is 9.62. The van der Waals surface area contributed by atoms with Crippen molar-refractivity contribution in [2.75, 3.05) is 0 Å². The molecule has 0 spiro atoms. The van der Waals surface area contributed by atoms with E-state index in [2.05, 4.69) is 27.4 Å². The standard InChI is InChI=1S/C13H20BrNS/c14-11-7-12(16-9-11)8-13(15)10-5-3-1-2-4-6-10/h7,9-10,13H,1-6,8,15H2. The topological polar surface area (TPSA) is 26.0 Å². The predicted octanol–water partition coefficient (Wildman–Crippen LogP) is 4.35. The van der Waals surface area contributed by atoms with E-state index < -0.39 is 0 Å². The van der Waals surface area contributed by atoms with Gasteiger partial charge in [-0.1, -0.05) is 25.7 Å². The van der Waals surface area contributed by atoms with E-state index in [1.807, 2.05) is 11.3 Å². The van der Waals surface area contributed by atoms with Crippen LogP contribution in [0.15, 0.2) is 15.9 Å². The first-order valence-corrected chi connectivity index (χ1v) is 7.91. The summed E-state index contributed by atoms with van der Waals surface area (Å²) in [6.45, 7) is 0. The third-order valence-electron chi connectivity index (χ3n) is 3.56. The van der Waals surface area contributed by atoms with Gasteiger partial charge in [0.05, 0.1) is 0 Å². The molecule has 1 aromatic heterocycles. The molecule has 1 atom stereocenters. The number of hydrogen-bond acceptors (Lipinski definition) is 2. The Morgan fingerprint density at radius 1 is 1.31 bits per heavy atom. The molecule has 1 aliphatic rings. The zero-order valence-corrected chi connectivity index (χ0v) is 12.0. The molecule has 1 aliphatic carbocycles. The second-order valence-corrected chi connectivity index (χ2v) is 6.76. The fraction of sp³-hybridized carbons (Fsp3) is 0.692. The van der Waals surface area contributed by atoms with Crippen LogP contribution in [-0.4, -0.2) is 6.04 Å². The summed E-state index contributed by atoms with van der Waals surface area (Å²) in [6, 6.07) is 2.57. The Morgan fingerprint density at radius 2 is 2.00 bits per heavy atom. The Balaban J connectivity index is 1.88. The fourth-order valence-electron chi connectivity index (χ4n) is 2.60. The van der Waals surface area contributed by atoms with Crippen LogP contribution in [0, 0.1) is 5.92 Å². The Labute approximate surface area is 111 Å². The summed E-state index contributed by atoms with van der Waals surface area (Å²) < 4.78 is 1.19. The van der Waals surface area contributed by atoms with Crippen molar-refractivity contribution in [3.8, 4) is 0 Å². The molecule has 0 saturated heterocycles.